The van der Waals surface area contributed by atoms with Crippen LogP contribution in [0.5, 0.6) is 0 Å². The van der Waals surface area contributed by atoms with Gasteiger partial charge in [-0.15, -0.1) is 0 Å². The average Bonchev–Trinajstić information content (AvgIpc) is 3.05. The van der Waals surface area contributed by atoms with E-state index < -0.39 is 0 Å². The molecule has 4 heteroatoms. The molecule has 0 saturated carbocycles. The van der Waals surface area contributed by atoms with E-state index in [1.165, 1.54) is 18.4 Å². The van der Waals surface area contributed by atoms with Crippen molar-refractivity contribution < 1.29 is 4.79 Å². The van der Waals surface area contributed by atoms with Gasteiger partial charge in [0.1, 0.15) is 5.69 Å². The van der Waals surface area contributed by atoms with Gasteiger partial charge in [0.2, 0.25) is 0 Å². The molecule has 4 rings (SSSR count). The number of anilines is 2. The van der Waals surface area contributed by atoms with E-state index in [1.54, 1.807) is 0 Å². The number of piperidine rings is 1. The van der Waals surface area contributed by atoms with Crippen LogP contribution in [-0.4, -0.2) is 30.5 Å². The number of hydrogen-bond acceptors (Lipinski definition) is 3. The molecule has 0 N–H and O–H groups in total. The van der Waals surface area contributed by atoms with Crippen LogP contribution in [0.2, 0.25) is 0 Å². The molecule has 2 aliphatic rings. The molecule has 1 amide bonds. The predicted octanol–water partition coefficient (Wildman–Crippen LogP) is 3.52. The van der Waals surface area contributed by atoms with Crippen molar-refractivity contribution in [1.29, 1.82) is 0 Å². The van der Waals surface area contributed by atoms with Crippen molar-refractivity contribution in [2.75, 3.05) is 29.4 Å². The molecule has 2 aromatic rings. The molecule has 1 aromatic heterocycles. The fourth-order valence-corrected chi connectivity index (χ4v) is 3.81. The zero-order chi connectivity index (χ0) is 16.5. The topological polar surface area (TPSA) is 36.4 Å². The Morgan fingerprint density at radius 3 is 2.83 bits per heavy atom. The van der Waals surface area contributed by atoms with E-state index in [9.17, 15) is 4.79 Å². The molecule has 124 valence electrons. The van der Waals surface area contributed by atoms with Gasteiger partial charge in [0.25, 0.3) is 5.91 Å². The summed E-state index contributed by atoms with van der Waals surface area (Å²) in [5.74, 6) is 0.722. The van der Waals surface area contributed by atoms with Gasteiger partial charge in [0, 0.05) is 25.3 Å². The highest BCUT2D eigenvalue weighted by atomic mass is 16.2. The van der Waals surface area contributed by atoms with Crippen molar-refractivity contribution in [3.8, 4) is 0 Å². The van der Waals surface area contributed by atoms with E-state index in [2.05, 4.69) is 22.9 Å². The Bertz CT molecular complexity index is 741. The minimum Gasteiger partial charge on any atom is -0.370 e. The zero-order valence-corrected chi connectivity index (χ0v) is 14.1. The summed E-state index contributed by atoms with van der Waals surface area (Å²) in [6.07, 6.45) is 5.31. The number of pyridine rings is 1. The van der Waals surface area contributed by atoms with E-state index >= 15 is 0 Å². The minimum absolute atomic E-state index is 0.00138. The molecule has 1 saturated heterocycles. The van der Waals surface area contributed by atoms with E-state index in [0.717, 1.165) is 43.3 Å². The molecule has 0 bridgehead atoms. The third-order valence-electron chi connectivity index (χ3n) is 5.12. The van der Waals surface area contributed by atoms with E-state index in [-0.39, 0.29) is 5.91 Å². The molecule has 0 radical (unpaired) electrons. The molecule has 4 nitrogen and oxygen atoms in total. The maximum Gasteiger partial charge on any atom is 0.276 e. The quantitative estimate of drug-likeness (QED) is 0.849. The Kier molecular flexibility index (Phi) is 3.97. The maximum absolute atomic E-state index is 12.8. The third-order valence-corrected chi connectivity index (χ3v) is 5.12. The van der Waals surface area contributed by atoms with Gasteiger partial charge in [-0.2, -0.15) is 0 Å². The van der Waals surface area contributed by atoms with Crippen molar-refractivity contribution in [2.45, 2.75) is 26.2 Å². The molecular weight excluding hydrogens is 298 g/mol. The van der Waals surface area contributed by atoms with Crippen LogP contribution in [-0.2, 0) is 6.42 Å². The molecule has 0 aliphatic carbocycles. The number of hydrogen-bond donors (Lipinski definition) is 0. The first kappa shape index (κ1) is 15.2. The van der Waals surface area contributed by atoms with E-state index in [4.69, 9.17) is 0 Å². The normalized spacial score (nSPS) is 20.1. The fraction of sp³-hybridized carbons (Fsp3) is 0.400. The largest absolute Gasteiger partial charge is 0.370 e. The Morgan fingerprint density at radius 1 is 1.17 bits per heavy atom. The number of amides is 1. The maximum atomic E-state index is 12.8. The van der Waals surface area contributed by atoms with Crippen LogP contribution in [0.4, 0.5) is 11.4 Å². The number of fused-ring (bicyclic) bond motifs is 1. The number of benzene rings is 1. The minimum atomic E-state index is -0.00138. The predicted molar refractivity (Wildman–Crippen MR) is 96.7 cm³/mol. The van der Waals surface area contributed by atoms with Gasteiger partial charge in [0.15, 0.2) is 0 Å². The summed E-state index contributed by atoms with van der Waals surface area (Å²) in [7, 11) is 0. The first-order chi connectivity index (χ1) is 11.7. The zero-order valence-electron chi connectivity index (χ0n) is 14.1. The number of para-hydroxylation sites is 1. The highest BCUT2D eigenvalue weighted by Crippen LogP contribution is 2.29. The molecule has 1 aromatic carbocycles. The van der Waals surface area contributed by atoms with Gasteiger partial charge in [0.05, 0.1) is 11.9 Å². The highest BCUT2D eigenvalue weighted by Gasteiger charge is 2.26. The van der Waals surface area contributed by atoms with Crippen LogP contribution in [0.1, 0.15) is 35.8 Å². The van der Waals surface area contributed by atoms with Gasteiger partial charge >= 0.3 is 0 Å². The van der Waals surface area contributed by atoms with Crippen molar-refractivity contribution in [1.82, 2.24) is 4.98 Å². The van der Waals surface area contributed by atoms with Crippen LogP contribution in [0.15, 0.2) is 42.6 Å². The SMILES string of the molecule is CC1CCCN(c2ccc(C(=O)N3CCc4ccccc43)nc2)C1. The van der Waals surface area contributed by atoms with Crippen LogP contribution in [0.25, 0.3) is 0 Å². The molecule has 1 fully saturated rings. The molecule has 1 atom stereocenters. The Balaban J connectivity index is 1.52. The molecule has 2 aliphatic heterocycles. The van der Waals surface area contributed by atoms with E-state index in [1.807, 2.05) is 41.4 Å². The summed E-state index contributed by atoms with van der Waals surface area (Å²) in [6, 6.07) is 12.0. The van der Waals surface area contributed by atoms with Crippen molar-refractivity contribution in [3.05, 3.63) is 53.9 Å². The average molecular weight is 321 g/mol. The molecule has 0 spiro atoms. The van der Waals surface area contributed by atoms with E-state index in [0.29, 0.717) is 5.69 Å². The monoisotopic (exact) mass is 321 g/mol. The summed E-state index contributed by atoms with van der Waals surface area (Å²) in [5.41, 5.74) is 3.92. The second-order valence-electron chi connectivity index (χ2n) is 6.93. The van der Waals surface area contributed by atoms with Crippen LogP contribution < -0.4 is 9.80 Å². The van der Waals surface area contributed by atoms with Crippen LogP contribution >= 0.6 is 0 Å². The molecular formula is C20H23N3O. The standard InChI is InChI=1S/C20H23N3O/c1-15-5-4-11-22(14-15)17-8-9-18(21-13-17)20(24)23-12-10-16-6-2-3-7-19(16)23/h2-3,6-9,13,15H,4-5,10-12,14H2,1H3. The number of aromatic nitrogens is 1. The first-order valence-electron chi connectivity index (χ1n) is 8.83. The van der Waals surface area contributed by atoms with Crippen molar-refractivity contribution in [3.63, 3.8) is 0 Å². The lowest BCUT2D eigenvalue weighted by Gasteiger charge is -2.32. The van der Waals surface area contributed by atoms with Gasteiger partial charge in [-0.1, -0.05) is 25.1 Å². The van der Waals surface area contributed by atoms with Gasteiger partial charge in [-0.05, 0) is 48.9 Å². The van der Waals surface area contributed by atoms with Crippen LogP contribution in [0, 0.1) is 5.92 Å². The van der Waals surface area contributed by atoms with Gasteiger partial charge in [-0.3, -0.25) is 4.79 Å². The van der Waals surface area contributed by atoms with Crippen molar-refractivity contribution in [2.24, 2.45) is 5.92 Å². The molecule has 3 heterocycles. The first-order valence-corrected chi connectivity index (χ1v) is 8.83. The highest BCUT2D eigenvalue weighted by molar-refractivity contribution is 6.06. The summed E-state index contributed by atoms with van der Waals surface area (Å²) in [6.45, 7) is 5.20. The van der Waals surface area contributed by atoms with Crippen molar-refractivity contribution >= 4 is 17.3 Å². The summed E-state index contributed by atoms with van der Waals surface area (Å²) < 4.78 is 0. The number of nitrogens with zero attached hydrogens (tertiary/aromatic N) is 3. The molecule has 1 unspecified atom stereocenters. The third kappa shape index (κ3) is 2.77. The number of carbonyl (C=O) groups is 1. The lowest BCUT2D eigenvalue weighted by molar-refractivity contribution is 0.0984. The van der Waals surface area contributed by atoms with Gasteiger partial charge < -0.3 is 9.80 Å². The fourth-order valence-electron chi connectivity index (χ4n) is 3.81. The Hall–Kier alpha value is -2.36. The second-order valence-corrected chi connectivity index (χ2v) is 6.93. The smallest absolute Gasteiger partial charge is 0.276 e. The number of carbonyl (C=O) groups excluding carboxylic acids is 1. The van der Waals surface area contributed by atoms with Gasteiger partial charge in [-0.25, -0.2) is 4.98 Å². The number of rotatable bonds is 2. The second kappa shape index (κ2) is 6.27. The lowest BCUT2D eigenvalue weighted by Crippen LogP contribution is -2.34. The lowest BCUT2D eigenvalue weighted by atomic mass is 10.00. The molecule has 24 heavy (non-hydrogen) atoms. The Labute approximate surface area is 143 Å². The summed E-state index contributed by atoms with van der Waals surface area (Å²) in [4.78, 5) is 21.5. The summed E-state index contributed by atoms with van der Waals surface area (Å²) in [5, 5.41) is 0. The Morgan fingerprint density at radius 2 is 2.04 bits per heavy atom. The van der Waals surface area contributed by atoms with Crippen LogP contribution in [0.3, 0.4) is 0 Å². The summed E-state index contributed by atoms with van der Waals surface area (Å²) >= 11 is 0.